The second kappa shape index (κ2) is 5.45. The number of carbonyl (C=O) groups is 1. The van der Waals surface area contributed by atoms with Gasteiger partial charge in [0.2, 0.25) is 5.76 Å². The molecular weight excluding hydrogens is 224 g/mol. The van der Waals surface area contributed by atoms with E-state index in [-0.39, 0.29) is 24.8 Å². The van der Waals surface area contributed by atoms with Crippen molar-refractivity contribution < 1.29 is 28.2 Å². The Morgan fingerprint density at radius 3 is 2.62 bits per heavy atom. The molecule has 0 bridgehead atoms. The predicted molar refractivity (Wildman–Crippen MR) is 51.0 cm³/mol. The number of aliphatic hydroxyl groups excluding tert-OH is 1. The largest absolute Gasteiger partial charge is 0.475 e. The van der Waals surface area contributed by atoms with E-state index >= 15 is 0 Å². The van der Waals surface area contributed by atoms with E-state index in [0.717, 1.165) is 4.90 Å². The first-order valence-corrected chi connectivity index (χ1v) is 4.51. The molecule has 1 aromatic rings. The Labute approximate surface area is 89.9 Å². The topological polar surface area (TPSA) is 73.9 Å². The van der Waals surface area contributed by atoms with Gasteiger partial charge in [0.1, 0.15) is 0 Å². The van der Waals surface area contributed by atoms with Crippen molar-refractivity contribution in [2.75, 3.05) is 24.6 Å². The summed E-state index contributed by atoms with van der Waals surface area (Å²) in [5, 5.41) is 17.3. The first kappa shape index (κ1) is 12.4. The summed E-state index contributed by atoms with van der Waals surface area (Å²) in [5.41, 5.74) is 0. The van der Waals surface area contributed by atoms with Crippen LogP contribution in [-0.2, 0) is 0 Å². The molecular formula is C9H11F2NO4. The SMILES string of the molecule is O=C(O)c1ccc(N(CCO)CC(F)F)o1. The number of carboxylic acids is 1. The second-order valence-electron chi connectivity index (χ2n) is 3.00. The summed E-state index contributed by atoms with van der Waals surface area (Å²) in [6.45, 7) is -0.986. The molecule has 1 heterocycles. The summed E-state index contributed by atoms with van der Waals surface area (Å²) in [4.78, 5) is 11.6. The number of aromatic carboxylic acids is 1. The third-order valence-electron chi connectivity index (χ3n) is 1.84. The molecule has 0 aliphatic heterocycles. The van der Waals surface area contributed by atoms with E-state index in [0.29, 0.717) is 0 Å². The molecule has 0 aliphatic carbocycles. The molecule has 0 fully saturated rings. The standard InChI is InChI=1S/C9H11F2NO4/c10-7(11)5-12(3-4-13)8-2-1-6(16-8)9(14)15/h1-2,7,13H,3-5H2,(H,14,15). The molecule has 1 rings (SSSR count). The van der Waals surface area contributed by atoms with Gasteiger partial charge in [-0.2, -0.15) is 0 Å². The predicted octanol–water partition coefficient (Wildman–Crippen LogP) is 1.04. The first-order valence-electron chi connectivity index (χ1n) is 4.51. The maximum absolute atomic E-state index is 12.2. The van der Waals surface area contributed by atoms with E-state index in [2.05, 4.69) is 0 Å². The number of rotatable bonds is 6. The Balaban J connectivity index is 2.79. The Morgan fingerprint density at radius 1 is 1.50 bits per heavy atom. The van der Waals surface area contributed by atoms with Crippen LogP contribution >= 0.6 is 0 Å². The summed E-state index contributed by atoms with van der Waals surface area (Å²) in [7, 11) is 0. The van der Waals surface area contributed by atoms with Crippen molar-refractivity contribution in [3.8, 4) is 0 Å². The van der Waals surface area contributed by atoms with Crippen molar-refractivity contribution in [2.45, 2.75) is 6.43 Å². The van der Waals surface area contributed by atoms with Crippen LogP contribution in [0.25, 0.3) is 0 Å². The zero-order valence-electron chi connectivity index (χ0n) is 8.27. The lowest BCUT2D eigenvalue weighted by atomic mass is 10.4. The second-order valence-corrected chi connectivity index (χ2v) is 3.00. The number of furan rings is 1. The van der Waals surface area contributed by atoms with Crippen LogP contribution in [0, 0.1) is 0 Å². The lowest BCUT2D eigenvalue weighted by Gasteiger charge is -2.19. The molecule has 0 aromatic carbocycles. The van der Waals surface area contributed by atoms with Crippen molar-refractivity contribution >= 4 is 11.9 Å². The van der Waals surface area contributed by atoms with E-state index in [1.165, 1.54) is 12.1 Å². The summed E-state index contributed by atoms with van der Waals surface area (Å²) in [5.74, 6) is -1.59. The zero-order chi connectivity index (χ0) is 12.1. The highest BCUT2D eigenvalue weighted by Gasteiger charge is 2.17. The Hall–Kier alpha value is -1.63. The van der Waals surface area contributed by atoms with Gasteiger partial charge in [-0.1, -0.05) is 0 Å². The molecule has 7 heteroatoms. The molecule has 0 saturated heterocycles. The third-order valence-corrected chi connectivity index (χ3v) is 1.84. The molecule has 16 heavy (non-hydrogen) atoms. The van der Waals surface area contributed by atoms with Crippen molar-refractivity contribution in [3.63, 3.8) is 0 Å². The van der Waals surface area contributed by atoms with E-state index in [4.69, 9.17) is 14.6 Å². The number of alkyl halides is 2. The first-order chi connectivity index (χ1) is 7.54. The lowest BCUT2D eigenvalue weighted by Crippen LogP contribution is -2.31. The van der Waals surface area contributed by atoms with Crippen molar-refractivity contribution in [3.05, 3.63) is 17.9 Å². The summed E-state index contributed by atoms with van der Waals surface area (Å²) >= 11 is 0. The zero-order valence-corrected chi connectivity index (χ0v) is 8.27. The minimum atomic E-state index is -2.59. The number of halogens is 2. The minimum Gasteiger partial charge on any atom is -0.475 e. The van der Waals surface area contributed by atoms with Gasteiger partial charge in [-0.05, 0) is 6.07 Å². The van der Waals surface area contributed by atoms with Crippen LogP contribution in [0.5, 0.6) is 0 Å². The van der Waals surface area contributed by atoms with Crippen LogP contribution < -0.4 is 4.90 Å². The van der Waals surface area contributed by atoms with Gasteiger partial charge >= 0.3 is 5.97 Å². The number of hydrogen-bond acceptors (Lipinski definition) is 4. The molecule has 90 valence electrons. The Bertz CT molecular complexity index is 353. The summed E-state index contributed by atoms with van der Waals surface area (Å²) < 4.78 is 29.2. The van der Waals surface area contributed by atoms with Crippen LogP contribution in [0.1, 0.15) is 10.6 Å². The van der Waals surface area contributed by atoms with Crippen LogP contribution in [0.2, 0.25) is 0 Å². The average Bonchev–Trinajstić information content (AvgIpc) is 2.65. The Kier molecular flexibility index (Phi) is 4.24. The van der Waals surface area contributed by atoms with Crippen LogP contribution in [0.15, 0.2) is 16.5 Å². The van der Waals surface area contributed by atoms with Gasteiger partial charge < -0.3 is 19.5 Å². The van der Waals surface area contributed by atoms with Crippen LogP contribution in [0.4, 0.5) is 14.7 Å². The highest BCUT2D eigenvalue weighted by molar-refractivity contribution is 5.84. The van der Waals surface area contributed by atoms with Gasteiger partial charge in [-0.25, -0.2) is 13.6 Å². The van der Waals surface area contributed by atoms with Crippen LogP contribution in [-0.4, -0.2) is 42.3 Å². The van der Waals surface area contributed by atoms with Gasteiger partial charge in [-0.3, -0.25) is 0 Å². The number of hydrogen-bond donors (Lipinski definition) is 2. The maximum Gasteiger partial charge on any atom is 0.371 e. The highest BCUT2D eigenvalue weighted by atomic mass is 19.3. The fraction of sp³-hybridized carbons (Fsp3) is 0.444. The quantitative estimate of drug-likeness (QED) is 0.770. The molecule has 0 amide bonds. The molecule has 0 radical (unpaired) electrons. The molecule has 0 aliphatic rings. The highest BCUT2D eigenvalue weighted by Crippen LogP contribution is 2.19. The third kappa shape index (κ3) is 3.20. The van der Waals surface area contributed by atoms with Crippen molar-refractivity contribution in [2.24, 2.45) is 0 Å². The molecule has 0 unspecified atom stereocenters. The van der Waals surface area contributed by atoms with Gasteiger partial charge in [0.25, 0.3) is 6.43 Å². The van der Waals surface area contributed by atoms with Gasteiger partial charge in [0, 0.05) is 12.6 Å². The molecule has 5 nitrogen and oxygen atoms in total. The summed E-state index contributed by atoms with van der Waals surface area (Å²) in [6, 6.07) is 2.45. The average molecular weight is 235 g/mol. The van der Waals surface area contributed by atoms with Crippen molar-refractivity contribution in [1.82, 2.24) is 0 Å². The monoisotopic (exact) mass is 235 g/mol. The van der Waals surface area contributed by atoms with E-state index in [9.17, 15) is 13.6 Å². The van der Waals surface area contributed by atoms with Gasteiger partial charge in [0.05, 0.1) is 13.2 Å². The number of anilines is 1. The minimum absolute atomic E-state index is 0.00625. The lowest BCUT2D eigenvalue weighted by molar-refractivity contribution is 0.0663. The number of carboxylic acid groups (broad SMARTS) is 1. The van der Waals surface area contributed by atoms with E-state index < -0.39 is 18.9 Å². The maximum atomic E-state index is 12.2. The van der Waals surface area contributed by atoms with Gasteiger partial charge in [0.15, 0.2) is 5.88 Å². The number of aliphatic hydroxyl groups is 1. The van der Waals surface area contributed by atoms with E-state index in [1.807, 2.05) is 0 Å². The molecule has 1 aromatic heterocycles. The van der Waals surface area contributed by atoms with Crippen LogP contribution in [0.3, 0.4) is 0 Å². The molecule has 0 spiro atoms. The van der Waals surface area contributed by atoms with E-state index in [1.54, 1.807) is 0 Å². The summed E-state index contributed by atoms with van der Waals surface area (Å²) in [6.07, 6.45) is -2.59. The molecule has 0 saturated carbocycles. The fourth-order valence-corrected chi connectivity index (χ4v) is 1.19. The Morgan fingerprint density at radius 2 is 2.19 bits per heavy atom. The fourth-order valence-electron chi connectivity index (χ4n) is 1.19. The van der Waals surface area contributed by atoms with Crippen molar-refractivity contribution in [1.29, 1.82) is 0 Å². The molecule has 0 atom stereocenters. The normalized spacial score (nSPS) is 10.8. The smallest absolute Gasteiger partial charge is 0.371 e. The molecule has 2 N–H and O–H groups in total. The van der Waals surface area contributed by atoms with Gasteiger partial charge in [-0.15, -0.1) is 0 Å². The number of nitrogens with zero attached hydrogens (tertiary/aromatic N) is 1.